The molecule has 1 aliphatic rings. The number of rotatable bonds is 2. The minimum absolute atomic E-state index is 0.171. The van der Waals surface area contributed by atoms with E-state index in [0.717, 1.165) is 18.4 Å². The maximum atomic E-state index is 12.6. The molecule has 21 heavy (non-hydrogen) atoms. The summed E-state index contributed by atoms with van der Waals surface area (Å²) in [6.07, 6.45) is 1.80. The molecule has 1 heterocycles. The van der Waals surface area contributed by atoms with Gasteiger partial charge in [-0.15, -0.1) is 0 Å². The van der Waals surface area contributed by atoms with Crippen LogP contribution in [0.1, 0.15) is 36.8 Å². The van der Waals surface area contributed by atoms with Crippen LogP contribution in [-0.2, 0) is 9.84 Å². The van der Waals surface area contributed by atoms with Crippen molar-refractivity contribution in [2.75, 3.05) is 5.75 Å². The summed E-state index contributed by atoms with van der Waals surface area (Å²) in [6.45, 7) is 2.08. The second-order valence-electron chi connectivity index (χ2n) is 5.79. The summed E-state index contributed by atoms with van der Waals surface area (Å²) in [5, 5.41) is 0. The average molecular weight is 300 g/mol. The highest BCUT2D eigenvalue weighted by atomic mass is 32.2. The van der Waals surface area contributed by atoms with Gasteiger partial charge >= 0.3 is 0 Å². The summed E-state index contributed by atoms with van der Waals surface area (Å²) >= 11 is 0. The van der Waals surface area contributed by atoms with E-state index in [0.29, 0.717) is 4.90 Å². The fraction of sp³-hybridized carbons (Fsp3) is 0.333. The second-order valence-corrected chi connectivity index (χ2v) is 7.80. The van der Waals surface area contributed by atoms with Crippen molar-refractivity contribution in [2.24, 2.45) is 5.92 Å². The lowest BCUT2D eigenvalue weighted by Gasteiger charge is -2.20. The zero-order chi connectivity index (χ0) is 14.9. The normalized spacial score (nSPS) is 24.0. The van der Waals surface area contributed by atoms with E-state index in [4.69, 9.17) is 0 Å². The van der Waals surface area contributed by atoms with Gasteiger partial charge in [-0.05, 0) is 29.5 Å². The standard InChI is InChI=1S/C18H20O2S/c1-2-14-12-17(15-8-4-3-5-9-15)16-10-6-7-11-18(16)21(19,20)13-14/h3-11,14,17H,2,12-13H2,1H3/t14-,17-/m1/s1. The first-order valence-electron chi connectivity index (χ1n) is 7.48. The van der Waals surface area contributed by atoms with Gasteiger partial charge in [-0.2, -0.15) is 0 Å². The van der Waals surface area contributed by atoms with Gasteiger partial charge in [0.2, 0.25) is 0 Å². The molecule has 0 saturated heterocycles. The smallest absolute Gasteiger partial charge is 0.178 e. The molecule has 0 bridgehead atoms. The van der Waals surface area contributed by atoms with E-state index >= 15 is 0 Å². The maximum Gasteiger partial charge on any atom is 0.178 e. The molecule has 1 aliphatic heterocycles. The molecule has 0 N–H and O–H groups in total. The first-order chi connectivity index (χ1) is 10.1. The van der Waals surface area contributed by atoms with Crippen LogP contribution in [0.5, 0.6) is 0 Å². The number of hydrogen-bond acceptors (Lipinski definition) is 2. The molecule has 0 unspecified atom stereocenters. The molecule has 2 atom stereocenters. The Hall–Kier alpha value is -1.61. The molecule has 3 heteroatoms. The number of sulfone groups is 1. The van der Waals surface area contributed by atoms with E-state index < -0.39 is 9.84 Å². The number of fused-ring (bicyclic) bond motifs is 1. The van der Waals surface area contributed by atoms with Crippen LogP contribution in [-0.4, -0.2) is 14.2 Å². The van der Waals surface area contributed by atoms with Gasteiger partial charge in [0.05, 0.1) is 10.6 Å². The molecule has 0 fully saturated rings. The molecule has 3 rings (SSSR count). The van der Waals surface area contributed by atoms with Crippen molar-refractivity contribution in [1.82, 2.24) is 0 Å². The van der Waals surface area contributed by atoms with Gasteiger partial charge in [0, 0.05) is 5.92 Å². The molecular formula is C18H20O2S. The van der Waals surface area contributed by atoms with E-state index in [9.17, 15) is 8.42 Å². The zero-order valence-electron chi connectivity index (χ0n) is 12.2. The van der Waals surface area contributed by atoms with Gasteiger partial charge in [0.15, 0.2) is 9.84 Å². The van der Waals surface area contributed by atoms with Gasteiger partial charge in [-0.3, -0.25) is 0 Å². The number of hydrogen-bond donors (Lipinski definition) is 0. The van der Waals surface area contributed by atoms with Crippen molar-refractivity contribution < 1.29 is 8.42 Å². The van der Waals surface area contributed by atoms with Crippen molar-refractivity contribution in [3.05, 3.63) is 65.7 Å². The first kappa shape index (κ1) is 14.3. The predicted octanol–water partition coefficient (Wildman–Crippen LogP) is 4.02. The third kappa shape index (κ3) is 2.75. The molecule has 0 aromatic heterocycles. The van der Waals surface area contributed by atoms with Crippen molar-refractivity contribution in [3.8, 4) is 0 Å². The van der Waals surface area contributed by atoms with E-state index in [2.05, 4.69) is 19.1 Å². The Kier molecular flexibility index (Phi) is 3.85. The zero-order valence-corrected chi connectivity index (χ0v) is 13.0. The van der Waals surface area contributed by atoms with Crippen LogP contribution in [0.15, 0.2) is 59.5 Å². The second kappa shape index (κ2) is 5.64. The summed E-state index contributed by atoms with van der Waals surface area (Å²) in [4.78, 5) is 0.523. The fourth-order valence-corrected chi connectivity index (χ4v) is 5.29. The molecule has 0 radical (unpaired) electrons. The molecule has 0 amide bonds. The monoisotopic (exact) mass is 300 g/mol. The molecule has 0 spiro atoms. The highest BCUT2D eigenvalue weighted by molar-refractivity contribution is 7.91. The Balaban J connectivity index is 2.18. The lowest BCUT2D eigenvalue weighted by atomic mass is 9.83. The third-order valence-corrected chi connectivity index (χ3v) is 6.39. The summed E-state index contributed by atoms with van der Waals surface area (Å²) in [6, 6.07) is 17.8. The van der Waals surface area contributed by atoms with Crippen LogP contribution in [0.3, 0.4) is 0 Å². The first-order valence-corrected chi connectivity index (χ1v) is 9.13. The van der Waals surface area contributed by atoms with Crippen LogP contribution in [0.25, 0.3) is 0 Å². The Morgan fingerprint density at radius 2 is 1.67 bits per heavy atom. The van der Waals surface area contributed by atoms with Gasteiger partial charge in [-0.1, -0.05) is 61.9 Å². The topological polar surface area (TPSA) is 34.1 Å². The van der Waals surface area contributed by atoms with Crippen molar-refractivity contribution in [2.45, 2.75) is 30.6 Å². The number of benzene rings is 2. The SMILES string of the molecule is CC[C@@H]1C[C@H](c2ccccc2)c2ccccc2S(=O)(=O)C1. The quantitative estimate of drug-likeness (QED) is 0.839. The molecule has 110 valence electrons. The van der Waals surface area contributed by atoms with Gasteiger partial charge in [0.25, 0.3) is 0 Å². The minimum Gasteiger partial charge on any atom is -0.224 e. The van der Waals surface area contributed by atoms with Gasteiger partial charge in [0.1, 0.15) is 0 Å². The van der Waals surface area contributed by atoms with Crippen LogP contribution in [0.2, 0.25) is 0 Å². The maximum absolute atomic E-state index is 12.6. The van der Waals surface area contributed by atoms with Crippen molar-refractivity contribution in [3.63, 3.8) is 0 Å². The van der Waals surface area contributed by atoms with Crippen molar-refractivity contribution >= 4 is 9.84 Å². The Morgan fingerprint density at radius 3 is 2.38 bits per heavy atom. The van der Waals surface area contributed by atoms with Crippen LogP contribution >= 0.6 is 0 Å². The molecular weight excluding hydrogens is 280 g/mol. The average Bonchev–Trinajstić information content (AvgIpc) is 2.63. The molecule has 2 aromatic rings. The van der Waals surface area contributed by atoms with E-state index in [-0.39, 0.29) is 17.6 Å². The Morgan fingerprint density at radius 1 is 1.00 bits per heavy atom. The molecule has 0 aliphatic carbocycles. The highest BCUT2D eigenvalue weighted by Crippen LogP contribution is 2.39. The van der Waals surface area contributed by atoms with Crippen LogP contribution in [0.4, 0.5) is 0 Å². The molecule has 0 saturated carbocycles. The lowest BCUT2D eigenvalue weighted by Crippen LogP contribution is -2.14. The van der Waals surface area contributed by atoms with E-state index in [1.165, 1.54) is 5.56 Å². The summed E-state index contributed by atoms with van der Waals surface area (Å²) in [7, 11) is -3.18. The Bertz CT molecular complexity index is 720. The summed E-state index contributed by atoms with van der Waals surface area (Å²) < 4.78 is 25.3. The summed E-state index contributed by atoms with van der Waals surface area (Å²) in [5.41, 5.74) is 2.17. The lowest BCUT2D eigenvalue weighted by molar-refractivity contribution is 0.486. The Labute approximate surface area is 126 Å². The largest absolute Gasteiger partial charge is 0.224 e. The van der Waals surface area contributed by atoms with Crippen LogP contribution in [0, 0.1) is 5.92 Å². The van der Waals surface area contributed by atoms with Gasteiger partial charge in [-0.25, -0.2) is 8.42 Å². The third-order valence-electron chi connectivity index (χ3n) is 4.43. The summed E-state index contributed by atoms with van der Waals surface area (Å²) in [5.74, 6) is 0.654. The highest BCUT2D eigenvalue weighted by Gasteiger charge is 2.32. The molecule has 2 nitrogen and oxygen atoms in total. The van der Waals surface area contributed by atoms with Gasteiger partial charge < -0.3 is 0 Å². The van der Waals surface area contributed by atoms with Crippen LogP contribution < -0.4 is 0 Å². The van der Waals surface area contributed by atoms with E-state index in [1.54, 1.807) is 6.07 Å². The fourth-order valence-electron chi connectivity index (χ4n) is 3.27. The van der Waals surface area contributed by atoms with Crippen molar-refractivity contribution in [1.29, 1.82) is 0 Å². The minimum atomic E-state index is -3.18. The van der Waals surface area contributed by atoms with E-state index in [1.807, 2.05) is 36.4 Å². The predicted molar refractivity (Wildman–Crippen MR) is 85.2 cm³/mol. The molecule has 2 aromatic carbocycles.